The van der Waals surface area contributed by atoms with Crippen LogP contribution in [0.4, 0.5) is 0 Å². The van der Waals surface area contributed by atoms with Crippen molar-refractivity contribution in [2.45, 2.75) is 19.9 Å². The van der Waals surface area contributed by atoms with E-state index >= 15 is 0 Å². The second kappa shape index (κ2) is 7.90. The summed E-state index contributed by atoms with van der Waals surface area (Å²) in [7, 11) is 0. The average molecular weight is 427 g/mol. The minimum Gasteiger partial charge on any atom is -0.377 e. The fourth-order valence-electron chi connectivity index (χ4n) is 4.98. The van der Waals surface area contributed by atoms with Gasteiger partial charge in [0.05, 0.1) is 17.5 Å². The van der Waals surface area contributed by atoms with Gasteiger partial charge in [0.1, 0.15) is 0 Å². The Hall–Kier alpha value is -3.91. The van der Waals surface area contributed by atoms with Gasteiger partial charge < -0.3 is 5.32 Å². The Morgan fingerprint density at radius 2 is 1.48 bits per heavy atom. The van der Waals surface area contributed by atoms with Crippen LogP contribution in [0.1, 0.15) is 39.4 Å². The zero-order valence-electron chi connectivity index (χ0n) is 18.9. The molecule has 2 atom stereocenters. The molecule has 3 aromatic rings. The maximum atomic E-state index is 5.13. The molecule has 2 heterocycles. The van der Waals surface area contributed by atoms with E-state index in [0.717, 1.165) is 22.7 Å². The first-order chi connectivity index (χ1) is 16.2. The van der Waals surface area contributed by atoms with Crippen molar-refractivity contribution in [1.82, 2.24) is 5.32 Å². The van der Waals surface area contributed by atoms with E-state index in [-0.39, 0.29) is 6.04 Å². The van der Waals surface area contributed by atoms with E-state index in [1.165, 1.54) is 33.4 Å². The largest absolute Gasteiger partial charge is 0.377 e. The van der Waals surface area contributed by atoms with E-state index in [4.69, 9.17) is 4.99 Å². The van der Waals surface area contributed by atoms with Crippen LogP contribution < -0.4 is 5.32 Å². The topological polar surface area (TPSA) is 24.4 Å². The van der Waals surface area contributed by atoms with Gasteiger partial charge in [-0.3, -0.25) is 0 Å². The number of hydrogen-bond acceptors (Lipinski definition) is 2. The van der Waals surface area contributed by atoms with Crippen LogP contribution in [0.5, 0.6) is 0 Å². The van der Waals surface area contributed by atoms with Crippen LogP contribution in [-0.4, -0.2) is 5.71 Å². The van der Waals surface area contributed by atoms with Gasteiger partial charge in [0.2, 0.25) is 0 Å². The van der Waals surface area contributed by atoms with E-state index in [0.29, 0.717) is 5.92 Å². The molecule has 0 radical (unpaired) electrons. The molecule has 1 aliphatic carbocycles. The molecule has 2 aliphatic heterocycles. The molecule has 0 amide bonds. The van der Waals surface area contributed by atoms with Gasteiger partial charge >= 0.3 is 0 Å². The van der Waals surface area contributed by atoms with E-state index in [2.05, 4.69) is 122 Å². The lowest BCUT2D eigenvalue weighted by atomic mass is 9.87. The Morgan fingerprint density at radius 1 is 0.788 bits per heavy atom. The van der Waals surface area contributed by atoms with Gasteiger partial charge in [0, 0.05) is 28.3 Å². The highest BCUT2D eigenvalue weighted by molar-refractivity contribution is 6.20. The third-order valence-electron chi connectivity index (χ3n) is 6.78. The number of rotatable bonds is 3. The minimum absolute atomic E-state index is 0.228. The molecule has 0 saturated carbocycles. The van der Waals surface area contributed by atoms with Gasteiger partial charge in [-0.05, 0) is 31.1 Å². The first kappa shape index (κ1) is 19.8. The standard InChI is InChI=1S/C31H26N2/c1-20-11-15-22(16-12-20)30-26-9-5-3-7-24(26)28(32-30)19-29-25-8-4-6-10-27(25)31(33-29)23-17-13-21(2)14-18-23/h3-19,26,30,32H,1-2H3/b29-19-. The molecule has 0 saturated heterocycles. The van der Waals surface area contributed by atoms with Gasteiger partial charge in [0.25, 0.3) is 0 Å². The van der Waals surface area contributed by atoms with E-state index in [1.807, 2.05) is 0 Å². The van der Waals surface area contributed by atoms with Crippen molar-refractivity contribution in [2.75, 3.05) is 0 Å². The maximum absolute atomic E-state index is 5.13. The molecule has 6 rings (SSSR count). The van der Waals surface area contributed by atoms with Crippen molar-refractivity contribution in [3.8, 4) is 0 Å². The first-order valence-corrected chi connectivity index (χ1v) is 11.6. The number of hydrogen-bond donors (Lipinski definition) is 1. The molecule has 0 spiro atoms. The highest BCUT2D eigenvalue weighted by Crippen LogP contribution is 2.41. The third kappa shape index (κ3) is 3.48. The predicted molar refractivity (Wildman–Crippen MR) is 137 cm³/mol. The number of nitrogens with zero attached hydrogens (tertiary/aromatic N) is 1. The number of aryl methyl sites for hydroxylation is 2. The molecule has 160 valence electrons. The molecule has 0 aromatic heterocycles. The van der Waals surface area contributed by atoms with Crippen molar-refractivity contribution in [3.05, 3.63) is 148 Å². The Morgan fingerprint density at radius 3 is 2.24 bits per heavy atom. The number of fused-ring (bicyclic) bond motifs is 2. The van der Waals surface area contributed by atoms with Crippen LogP contribution in [0.15, 0.2) is 119 Å². The Kier molecular flexibility index (Phi) is 4.73. The van der Waals surface area contributed by atoms with Gasteiger partial charge in [0.15, 0.2) is 0 Å². The summed E-state index contributed by atoms with van der Waals surface area (Å²) in [6.07, 6.45) is 11.1. The average Bonchev–Trinajstić information content (AvgIpc) is 3.40. The summed E-state index contributed by atoms with van der Waals surface area (Å²) >= 11 is 0. The lowest BCUT2D eigenvalue weighted by molar-refractivity contribution is 0.565. The molecular formula is C31H26N2. The van der Waals surface area contributed by atoms with Crippen LogP contribution in [0.3, 0.4) is 0 Å². The molecule has 3 aliphatic rings. The second-order valence-electron chi connectivity index (χ2n) is 9.07. The van der Waals surface area contributed by atoms with Crippen LogP contribution in [0.2, 0.25) is 0 Å². The summed E-state index contributed by atoms with van der Waals surface area (Å²) in [5, 5.41) is 3.82. The zero-order chi connectivity index (χ0) is 22.4. The molecule has 3 aromatic carbocycles. The van der Waals surface area contributed by atoms with Gasteiger partial charge in [-0.1, -0.05) is 108 Å². The van der Waals surface area contributed by atoms with Gasteiger partial charge in [-0.25, -0.2) is 4.99 Å². The summed E-state index contributed by atoms with van der Waals surface area (Å²) in [6, 6.07) is 26.3. The fraction of sp³-hybridized carbons (Fsp3) is 0.129. The van der Waals surface area contributed by atoms with Gasteiger partial charge in [-0.2, -0.15) is 0 Å². The quantitative estimate of drug-likeness (QED) is 0.487. The number of allylic oxidation sites excluding steroid dienone is 4. The lowest BCUT2D eigenvalue weighted by Crippen LogP contribution is -2.19. The SMILES string of the molecule is Cc1ccc(C2=N/C(=C\C3=C4C=CC=CC4C(c4ccc(C)cc4)N3)c3ccccc32)cc1. The maximum Gasteiger partial charge on any atom is 0.0788 e. The van der Waals surface area contributed by atoms with E-state index in [1.54, 1.807) is 0 Å². The fourth-order valence-corrected chi connectivity index (χ4v) is 4.98. The Bertz CT molecular complexity index is 1380. The lowest BCUT2D eigenvalue weighted by Gasteiger charge is -2.20. The third-order valence-corrected chi connectivity index (χ3v) is 6.78. The number of benzene rings is 3. The van der Waals surface area contributed by atoms with Crippen LogP contribution in [0.25, 0.3) is 5.70 Å². The monoisotopic (exact) mass is 426 g/mol. The predicted octanol–water partition coefficient (Wildman–Crippen LogP) is 6.84. The Labute approximate surface area is 195 Å². The van der Waals surface area contributed by atoms with Crippen molar-refractivity contribution in [3.63, 3.8) is 0 Å². The molecule has 2 heteroatoms. The van der Waals surface area contributed by atoms with E-state index < -0.39 is 0 Å². The van der Waals surface area contributed by atoms with Crippen molar-refractivity contribution < 1.29 is 0 Å². The second-order valence-corrected chi connectivity index (χ2v) is 9.07. The summed E-state index contributed by atoms with van der Waals surface area (Å²) in [5.41, 5.74) is 11.9. The normalized spacial score (nSPS) is 21.8. The minimum atomic E-state index is 0.228. The molecule has 33 heavy (non-hydrogen) atoms. The summed E-state index contributed by atoms with van der Waals surface area (Å²) in [4.78, 5) is 5.13. The molecule has 0 fully saturated rings. The molecule has 0 bridgehead atoms. The van der Waals surface area contributed by atoms with Crippen LogP contribution in [0, 0.1) is 19.8 Å². The molecular weight excluding hydrogens is 400 g/mol. The van der Waals surface area contributed by atoms with Crippen LogP contribution >= 0.6 is 0 Å². The summed E-state index contributed by atoms with van der Waals surface area (Å²) < 4.78 is 0. The smallest absolute Gasteiger partial charge is 0.0788 e. The number of nitrogens with one attached hydrogen (secondary N) is 1. The highest BCUT2D eigenvalue weighted by atomic mass is 15.0. The summed E-state index contributed by atoms with van der Waals surface area (Å²) in [5.74, 6) is 0.321. The van der Waals surface area contributed by atoms with Gasteiger partial charge in [-0.15, -0.1) is 0 Å². The van der Waals surface area contributed by atoms with E-state index in [9.17, 15) is 0 Å². The first-order valence-electron chi connectivity index (χ1n) is 11.6. The number of aliphatic imine (C=N–C) groups is 1. The van der Waals surface area contributed by atoms with Crippen molar-refractivity contribution >= 4 is 11.4 Å². The van der Waals surface area contributed by atoms with Crippen LogP contribution in [-0.2, 0) is 0 Å². The zero-order valence-corrected chi connectivity index (χ0v) is 18.9. The molecule has 2 unspecified atom stereocenters. The van der Waals surface area contributed by atoms with Crippen molar-refractivity contribution in [1.29, 1.82) is 0 Å². The summed E-state index contributed by atoms with van der Waals surface area (Å²) in [6.45, 7) is 4.25. The molecule has 1 N–H and O–H groups in total. The highest BCUT2D eigenvalue weighted by Gasteiger charge is 2.33. The Balaban J connectivity index is 1.43. The van der Waals surface area contributed by atoms with Crippen molar-refractivity contribution in [2.24, 2.45) is 10.9 Å². The molecule has 2 nitrogen and oxygen atoms in total.